The van der Waals surface area contributed by atoms with Gasteiger partial charge in [0.1, 0.15) is 0 Å². The summed E-state index contributed by atoms with van der Waals surface area (Å²) in [6.45, 7) is 5.57. The van der Waals surface area contributed by atoms with Crippen molar-refractivity contribution in [2.24, 2.45) is 5.92 Å². The van der Waals surface area contributed by atoms with Crippen LogP contribution in [0.4, 0.5) is 0 Å². The van der Waals surface area contributed by atoms with Gasteiger partial charge in [0.25, 0.3) is 0 Å². The molecule has 0 N–H and O–H groups in total. The summed E-state index contributed by atoms with van der Waals surface area (Å²) in [5.74, 6) is 0.0293. The fourth-order valence-corrected chi connectivity index (χ4v) is 0.697. The molecular weight excluding hydrogens is 152 g/mol. The Hall–Kier alpha value is -0.920. The highest BCUT2D eigenvalue weighted by atomic mass is 16.1. The number of carbonyl (C=O) groups is 2. The molecule has 0 heterocycles. The van der Waals surface area contributed by atoms with Crippen molar-refractivity contribution in [2.75, 3.05) is 0 Å². The number of hydrogen-bond donors (Lipinski definition) is 0. The van der Waals surface area contributed by atoms with Crippen molar-refractivity contribution in [3.05, 3.63) is 12.2 Å². The van der Waals surface area contributed by atoms with E-state index in [1.165, 1.54) is 12.2 Å². The molecule has 0 amide bonds. The SMILES string of the molecule is CCCC(=O)/C=C/C(=O)C(C)C. The second-order valence-electron chi connectivity index (χ2n) is 3.11. The Balaban J connectivity index is 3.90. The Morgan fingerprint density at radius 3 is 2.25 bits per heavy atom. The molecule has 0 saturated heterocycles. The lowest BCUT2D eigenvalue weighted by atomic mass is 10.1. The maximum atomic E-state index is 11.0. The number of hydrogen-bond acceptors (Lipinski definition) is 2. The van der Waals surface area contributed by atoms with E-state index in [0.717, 1.165) is 6.42 Å². The standard InChI is InChI=1S/C10H16O2/c1-4-5-9(11)6-7-10(12)8(2)3/h6-8H,4-5H2,1-3H3/b7-6+. The maximum absolute atomic E-state index is 11.0. The van der Waals surface area contributed by atoms with Crippen LogP contribution in [0, 0.1) is 5.92 Å². The number of allylic oxidation sites excluding steroid dienone is 2. The van der Waals surface area contributed by atoms with Gasteiger partial charge in [0.15, 0.2) is 11.6 Å². The lowest BCUT2D eigenvalue weighted by Gasteiger charge is -1.95. The van der Waals surface area contributed by atoms with Gasteiger partial charge in [0.2, 0.25) is 0 Å². The topological polar surface area (TPSA) is 34.1 Å². The fraction of sp³-hybridized carbons (Fsp3) is 0.600. The summed E-state index contributed by atoms with van der Waals surface area (Å²) in [7, 11) is 0. The first-order valence-corrected chi connectivity index (χ1v) is 4.32. The van der Waals surface area contributed by atoms with Crippen LogP contribution in [0.2, 0.25) is 0 Å². The maximum Gasteiger partial charge on any atom is 0.158 e. The number of carbonyl (C=O) groups excluding carboxylic acids is 2. The molecule has 0 aromatic rings. The molecule has 0 saturated carbocycles. The van der Waals surface area contributed by atoms with Crippen LogP contribution in [0.25, 0.3) is 0 Å². The van der Waals surface area contributed by atoms with Crippen molar-refractivity contribution in [2.45, 2.75) is 33.6 Å². The minimum atomic E-state index is -0.0179. The highest BCUT2D eigenvalue weighted by molar-refractivity contribution is 5.99. The van der Waals surface area contributed by atoms with E-state index in [9.17, 15) is 9.59 Å². The van der Waals surface area contributed by atoms with Crippen molar-refractivity contribution in [1.82, 2.24) is 0 Å². The lowest BCUT2D eigenvalue weighted by Crippen LogP contribution is -2.03. The molecule has 0 aliphatic carbocycles. The van der Waals surface area contributed by atoms with E-state index in [4.69, 9.17) is 0 Å². The Morgan fingerprint density at radius 2 is 1.83 bits per heavy atom. The molecule has 0 unspecified atom stereocenters. The molecule has 0 spiro atoms. The fourth-order valence-electron chi connectivity index (χ4n) is 0.697. The summed E-state index contributed by atoms with van der Waals surface area (Å²) in [5, 5.41) is 0. The molecule has 0 radical (unpaired) electrons. The first-order chi connectivity index (χ1) is 5.57. The number of rotatable bonds is 5. The van der Waals surface area contributed by atoms with E-state index in [1.807, 2.05) is 20.8 Å². The molecule has 0 aromatic carbocycles. The Kier molecular flexibility index (Phi) is 5.26. The quantitative estimate of drug-likeness (QED) is 0.589. The molecule has 0 aromatic heterocycles. The van der Waals surface area contributed by atoms with Crippen LogP contribution < -0.4 is 0 Å². The third kappa shape index (κ3) is 4.83. The smallest absolute Gasteiger partial charge is 0.158 e. The molecule has 0 bridgehead atoms. The molecule has 0 atom stereocenters. The summed E-state index contributed by atoms with van der Waals surface area (Å²) >= 11 is 0. The van der Waals surface area contributed by atoms with Gasteiger partial charge >= 0.3 is 0 Å². The summed E-state index contributed by atoms with van der Waals surface area (Å²) in [5.41, 5.74) is 0. The zero-order valence-electron chi connectivity index (χ0n) is 7.96. The van der Waals surface area contributed by atoms with E-state index < -0.39 is 0 Å². The van der Waals surface area contributed by atoms with Crippen LogP contribution in [0.5, 0.6) is 0 Å². The van der Waals surface area contributed by atoms with E-state index in [0.29, 0.717) is 6.42 Å². The predicted octanol–water partition coefficient (Wildman–Crippen LogP) is 2.14. The summed E-state index contributed by atoms with van der Waals surface area (Å²) in [4.78, 5) is 21.9. The molecule has 68 valence electrons. The summed E-state index contributed by atoms with van der Waals surface area (Å²) in [6.07, 6.45) is 4.12. The first-order valence-electron chi connectivity index (χ1n) is 4.32. The Morgan fingerprint density at radius 1 is 1.25 bits per heavy atom. The van der Waals surface area contributed by atoms with Gasteiger partial charge in [-0.05, 0) is 18.6 Å². The highest BCUT2D eigenvalue weighted by Crippen LogP contribution is 1.97. The first kappa shape index (κ1) is 11.1. The minimum absolute atomic E-state index is 0.0134. The lowest BCUT2D eigenvalue weighted by molar-refractivity contribution is -0.118. The van der Waals surface area contributed by atoms with Gasteiger partial charge in [0, 0.05) is 12.3 Å². The molecular formula is C10H16O2. The second-order valence-corrected chi connectivity index (χ2v) is 3.11. The average molecular weight is 168 g/mol. The van der Waals surface area contributed by atoms with E-state index in [-0.39, 0.29) is 17.5 Å². The highest BCUT2D eigenvalue weighted by Gasteiger charge is 2.02. The van der Waals surface area contributed by atoms with E-state index >= 15 is 0 Å². The van der Waals surface area contributed by atoms with Gasteiger partial charge in [0.05, 0.1) is 0 Å². The molecule has 2 heteroatoms. The van der Waals surface area contributed by atoms with Gasteiger partial charge in [-0.15, -0.1) is 0 Å². The van der Waals surface area contributed by atoms with Crippen LogP contribution in [0.15, 0.2) is 12.2 Å². The van der Waals surface area contributed by atoms with Crippen LogP contribution >= 0.6 is 0 Å². The largest absolute Gasteiger partial charge is 0.295 e. The minimum Gasteiger partial charge on any atom is -0.295 e. The van der Waals surface area contributed by atoms with Gasteiger partial charge in [-0.25, -0.2) is 0 Å². The Labute approximate surface area is 73.7 Å². The molecule has 2 nitrogen and oxygen atoms in total. The van der Waals surface area contributed by atoms with Gasteiger partial charge in [-0.1, -0.05) is 20.8 Å². The van der Waals surface area contributed by atoms with Crippen LogP contribution in [0.1, 0.15) is 33.6 Å². The van der Waals surface area contributed by atoms with E-state index in [2.05, 4.69) is 0 Å². The van der Waals surface area contributed by atoms with Gasteiger partial charge < -0.3 is 0 Å². The third-order valence-corrected chi connectivity index (χ3v) is 1.50. The zero-order chi connectivity index (χ0) is 9.56. The van der Waals surface area contributed by atoms with Crippen molar-refractivity contribution in [3.63, 3.8) is 0 Å². The van der Waals surface area contributed by atoms with Crippen molar-refractivity contribution < 1.29 is 9.59 Å². The average Bonchev–Trinajstić information content (AvgIpc) is 2.00. The zero-order valence-corrected chi connectivity index (χ0v) is 7.96. The summed E-state index contributed by atoms with van der Waals surface area (Å²) in [6, 6.07) is 0. The van der Waals surface area contributed by atoms with Crippen molar-refractivity contribution in [3.8, 4) is 0 Å². The third-order valence-electron chi connectivity index (χ3n) is 1.50. The van der Waals surface area contributed by atoms with Crippen LogP contribution in [-0.2, 0) is 9.59 Å². The molecule has 0 fully saturated rings. The van der Waals surface area contributed by atoms with Crippen molar-refractivity contribution >= 4 is 11.6 Å². The second kappa shape index (κ2) is 5.70. The van der Waals surface area contributed by atoms with Crippen LogP contribution in [-0.4, -0.2) is 11.6 Å². The monoisotopic (exact) mass is 168 g/mol. The predicted molar refractivity (Wildman–Crippen MR) is 48.9 cm³/mol. The summed E-state index contributed by atoms with van der Waals surface area (Å²) < 4.78 is 0. The Bertz CT molecular complexity index is 190. The normalized spacial score (nSPS) is 11.0. The van der Waals surface area contributed by atoms with Crippen molar-refractivity contribution in [1.29, 1.82) is 0 Å². The van der Waals surface area contributed by atoms with Crippen LogP contribution in [0.3, 0.4) is 0 Å². The van der Waals surface area contributed by atoms with Gasteiger partial charge in [-0.2, -0.15) is 0 Å². The molecule has 0 aliphatic rings. The molecule has 0 rings (SSSR count). The molecule has 0 aliphatic heterocycles. The molecule has 12 heavy (non-hydrogen) atoms. The van der Waals surface area contributed by atoms with E-state index in [1.54, 1.807) is 0 Å². The van der Waals surface area contributed by atoms with Gasteiger partial charge in [-0.3, -0.25) is 9.59 Å². The number of ketones is 2.